The summed E-state index contributed by atoms with van der Waals surface area (Å²) in [5, 5.41) is 13.5. The molecule has 1 fully saturated rings. The number of aryl methyl sites for hydroxylation is 1. The van der Waals surface area contributed by atoms with E-state index in [1.54, 1.807) is 28.4 Å². The van der Waals surface area contributed by atoms with Crippen molar-refractivity contribution in [1.29, 1.82) is 0 Å². The second-order valence-corrected chi connectivity index (χ2v) is 7.03. The van der Waals surface area contributed by atoms with Crippen molar-refractivity contribution >= 4 is 17.2 Å². The number of thiophene rings is 1. The normalized spacial score (nSPS) is 17.8. The lowest BCUT2D eigenvalue weighted by atomic mass is 10.1. The summed E-state index contributed by atoms with van der Waals surface area (Å²) in [6.07, 6.45) is 5.37. The first kappa shape index (κ1) is 16.0. The first-order chi connectivity index (χ1) is 12.2. The molecule has 3 aromatic heterocycles. The monoisotopic (exact) mass is 357 g/mol. The van der Waals surface area contributed by atoms with Gasteiger partial charge in [0, 0.05) is 44.0 Å². The average molecular weight is 357 g/mol. The molecule has 0 spiro atoms. The molecule has 0 radical (unpaired) electrons. The minimum atomic E-state index is -0.108. The summed E-state index contributed by atoms with van der Waals surface area (Å²) in [5.41, 5.74) is 0.373. The summed E-state index contributed by atoms with van der Waals surface area (Å²) in [6.45, 7) is 2.69. The lowest BCUT2D eigenvalue weighted by Crippen LogP contribution is -2.49. The van der Waals surface area contributed by atoms with E-state index >= 15 is 0 Å². The quantitative estimate of drug-likeness (QED) is 0.751. The molecule has 0 aromatic carbocycles. The van der Waals surface area contributed by atoms with Crippen LogP contribution in [-0.4, -0.2) is 55.0 Å². The van der Waals surface area contributed by atoms with E-state index in [0.717, 1.165) is 12.4 Å². The minimum Gasteiger partial charge on any atom is -0.336 e. The van der Waals surface area contributed by atoms with Crippen LogP contribution in [0.15, 0.2) is 36.1 Å². The van der Waals surface area contributed by atoms with Crippen LogP contribution in [0.25, 0.3) is 0 Å². The highest BCUT2D eigenvalue weighted by Crippen LogP contribution is 2.22. The number of imidazole rings is 1. The van der Waals surface area contributed by atoms with Gasteiger partial charge in [0.1, 0.15) is 11.9 Å². The van der Waals surface area contributed by atoms with Gasteiger partial charge in [0.15, 0.2) is 5.69 Å². The number of hydrogen-bond acceptors (Lipinski definition) is 6. The second-order valence-electron chi connectivity index (χ2n) is 6.00. The summed E-state index contributed by atoms with van der Waals surface area (Å²) in [5.74, 6) is 0.762. The van der Waals surface area contributed by atoms with Crippen LogP contribution in [0.5, 0.6) is 0 Å². The van der Waals surface area contributed by atoms with Crippen molar-refractivity contribution in [1.82, 2.24) is 34.8 Å². The van der Waals surface area contributed by atoms with Gasteiger partial charge < -0.3 is 14.8 Å². The molecule has 1 atom stereocenters. The summed E-state index contributed by atoms with van der Waals surface area (Å²) in [7, 11) is 1.94. The van der Waals surface area contributed by atoms with E-state index < -0.39 is 0 Å². The molecule has 130 valence electrons. The van der Waals surface area contributed by atoms with Crippen LogP contribution < -0.4 is 5.32 Å². The van der Waals surface area contributed by atoms with Gasteiger partial charge in [-0.1, -0.05) is 11.3 Å². The van der Waals surface area contributed by atoms with Crippen LogP contribution in [0.3, 0.4) is 0 Å². The van der Waals surface area contributed by atoms with Crippen LogP contribution in [0.4, 0.5) is 0 Å². The maximum absolute atomic E-state index is 13.0. The van der Waals surface area contributed by atoms with E-state index in [0.29, 0.717) is 25.3 Å². The Balaban J connectivity index is 1.54. The van der Waals surface area contributed by atoms with Crippen LogP contribution in [0.2, 0.25) is 0 Å². The Hall–Kier alpha value is -2.52. The Labute approximate surface area is 149 Å². The van der Waals surface area contributed by atoms with E-state index in [9.17, 15) is 4.79 Å². The number of carbonyl (C=O) groups excluding carboxylic acids is 1. The van der Waals surface area contributed by atoms with Gasteiger partial charge in [0.25, 0.3) is 5.91 Å². The summed E-state index contributed by atoms with van der Waals surface area (Å²) < 4.78 is 3.66. The molecule has 25 heavy (non-hydrogen) atoms. The number of rotatable bonds is 4. The van der Waals surface area contributed by atoms with E-state index in [1.165, 1.54) is 4.88 Å². The fourth-order valence-corrected chi connectivity index (χ4v) is 3.76. The smallest absolute Gasteiger partial charge is 0.276 e. The lowest BCUT2D eigenvalue weighted by Gasteiger charge is -2.35. The van der Waals surface area contributed by atoms with Gasteiger partial charge in [0.05, 0.1) is 12.7 Å². The molecule has 4 rings (SSSR count). The van der Waals surface area contributed by atoms with Crippen molar-refractivity contribution < 1.29 is 4.79 Å². The van der Waals surface area contributed by atoms with Gasteiger partial charge in [-0.2, -0.15) is 0 Å². The molecular weight excluding hydrogens is 338 g/mol. The highest BCUT2D eigenvalue weighted by molar-refractivity contribution is 7.09. The number of carbonyl (C=O) groups is 1. The number of aromatic nitrogens is 5. The van der Waals surface area contributed by atoms with Gasteiger partial charge in [-0.15, -0.1) is 16.4 Å². The predicted octanol–water partition coefficient (Wildman–Crippen LogP) is 0.908. The zero-order chi connectivity index (χ0) is 17.2. The molecule has 1 amide bonds. The van der Waals surface area contributed by atoms with Gasteiger partial charge in [0.2, 0.25) is 0 Å². The van der Waals surface area contributed by atoms with Crippen LogP contribution in [0.1, 0.15) is 27.2 Å². The third kappa shape index (κ3) is 3.20. The Morgan fingerprint density at radius 1 is 1.48 bits per heavy atom. The van der Waals surface area contributed by atoms with Crippen LogP contribution >= 0.6 is 11.3 Å². The Morgan fingerprint density at radius 2 is 2.40 bits per heavy atom. The topological polar surface area (TPSA) is 80.9 Å². The fourth-order valence-electron chi connectivity index (χ4n) is 3.06. The molecule has 8 nitrogen and oxygen atoms in total. The number of nitrogens with one attached hydrogen (secondary N) is 1. The molecule has 3 aromatic rings. The molecule has 0 bridgehead atoms. The summed E-state index contributed by atoms with van der Waals surface area (Å²) >= 11 is 1.66. The molecule has 1 unspecified atom stereocenters. The van der Waals surface area contributed by atoms with E-state index in [1.807, 2.05) is 40.2 Å². The van der Waals surface area contributed by atoms with E-state index in [2.05, 4.69) is 20.6 Å². The molecule has 0 saturated carbocycles. The standard InChI is InChI=1S/C16H19N7OS/c1-21-6-5-18-15(21)14-9-17-4-7-23(14)16(24)13-11-22(20-19-13)10-12-3-2-8-25-12/h2-3,5-6,8,11,14,17H,4,7,9-10H2,1H3. The lowest BCUT2D eigenvalue weighted by molar-refractivity contribution is 0.0614. The van der Waals surface area contributed by atoms with Crippen molar-refractivity contribution in [2.45, 2.75) is 12.6 Å². The Kier molecular flexibility index (Phi) is 4.33. The number of nitrogens with zero attached hydrogens (tertiary/aromatic N) is 6. The van der Waals surface area contributed by atoms with E-state index in [4.69, 9.17) is 0 Å². The average Bonchev–Trinajstić information content (AvgIpc) is 3.37. The van der Waals surface area contributed by atoms with E-state index in [-0.39, 0.29) is 11.9 Å². The van der Waals surface area contributed by atoms with Crippen LogP contribution in [-0.2, 0) is 13.6 Å². The summed E-state index contributed by atoms with van der Waals surface area (Å²) in [6, 6.07) is 3.94. The molecule has 1 N–H and O–H groups in total. The SMILES string of the molecule is Cn1ccnc1C1CNCCN1C(=O)c1cn(Cc2cccs2)nn1. The Morgan fingerprint density at radius 3 is 3.16 bits per heavy atom. The summed E-state index contributed by atoms with van der Waals surface area (Å²) in [4.78, 5) is 20.4. The number of piperazine rings is 1. The van der Waals surface area contributed by atoms with Gasteiger partial charge in [-0.25, -0.2) is 9.67 Å². The number of amides is 1. The first-order valence-electron chi connectivity index (χ1n) is 8.14. The third-order valence-corrected chi connectivity index (χ3v) is 5.18. The fraction of sp³-hybridized carbons (Fsp3) is 0.375. The highest BCUT2D eigenvalue weighted by Gasteiger charge is 2.32. The van der Waals surface area contributed by atoms with Crippen molar-refractivity contribution in [2.24, 2.45) is 7.05 Å². The largest absolute Gasteiger partial charge is 0.336 e. The van der Waals surface area contributed by atoms with Gasteiger partial charge in [-0.05, 0) is 11.4 Å². The maximum Gasteiger partial charge on any atom is 0.276 e. The third-order valence-electron chi connectivity index (χ3n) is 4.32. The first-order valence-corrected chi connectivity index (χ1v) is 9.02. The number of hydrogen-bond donors (Lipinski definition) is 1. The zero-order valence-electron chi connectivity index (χ0n) is 13.9. The predicted molar refractivity (Wildman–Crippen MR) is 93.3 cm³/mol. The highest BCUT2D eigenvalue weighted by atomic mass is 32.1. The molecule has 1 aliphatic heterocycles. The molecule has 0 aliphatic carbocycles. The van der Waals surface area contributed by atoms with Crippen molar-refractivity contribution in [2.75, 3.05) is 19.6 Å². The van der Waals surface area contributed by atoms with Gasteiger partial charge >= 0.3 is 0 Å². The molecule has 1 saturated heterocycles. The zero-order valence-corrected chi connectivity index (χ0v) is 14.7. The van der Waals surface area contributed by atoms with Crippen molar-refractivity contribution in [3.63, 3.8) is 0 Å². The van der Waals surface area contributed by atoms with Crippen molar-refractivity contribution in [3.05, 3.63) is 52.5 Å². The second kappa shape index (κ2) is 6.77. The van der Waals surface area contributed by atoms with Crippen molar-refractivity contribution in [3.8, 4) is 0 Å². The van der Waals surface area contributed by atoms with Crippen LogP contribution in [0, 0.1) is 0 Å². The molecule has 9 heteroatoms. The molecular formula is C16H19N7OS. The maximum atomic E-state index is 13.0. The molecule has 1 aliphatic rings. The minimum absolute atomic E-state index is 0.105. The molecule has 4 heterocycles. The Bertz CT molecular complexity index is 854. The van der Waals surface area contributed by atoms with Gasteiger partial charge in [-0.3, -0.25) is 4.79 Å².